The van der Waals surface area contributed by atoms with Crippen molar-refractivity contribution < 1.29 is 14.2 Å². The number of nitrogens with one attached hydrogen (secondary N) is 1. The number of fused-ring (bicyclic) bond motifs is 1. The summed E-state index contributed by atoms with van der Waals surface area (Å²) in [5.41, 5.74) is 2.20. The molecule has 3 heterocycles. The third-order valence-electron chi connectivity index (χ3n) is 4.71. The van der Waals surface area contributed by atoms with Crippen molar-refractivity contribution in [3.63, 3.8) is 0 Å². The van der Waals surface area contributed by atoms with Crippen LogP contribution in [-0.2, 0) is 4.74 Å². The SMILES string of the molecule is COc1cccc(Nc2nc(SC)nc3c2ncn3C2CCCCO2)c1OC. The van der Waals surface area contributed by atoms with Crippen molar-refractivity contribution in [3.05, 3.63) is 24.5 Å². The van der Waals surface area contributed by atoms with E-state index in [4.69, 9.17) is 14.2 Å². The lowest BCUT2D eigenvalue weighted by molar-refractivity contribution is -0.0298. The average Bonchev–Trinajstić information content (AvgIpc) is 3.18. The zero-order chi connectivity index (χ0) is 19.5. The van der Waals surface area contributed by atoms with Crippen LogP contribution in [0.25, 0.3) is 11.2 Å². The second-order valence-corrected chi connectivity index (χ2v) is 7.14. The fourth-order valence-electron chi connectivity index (χ4n) is 3.34. The molecule has 148 valence electrons. The lowest BCUT2D eigenvalue weighted by atomic mass is 10.2. The monoisotopic (exact) mass is 401 g/mol. The van der Waals surface area contributed by atoms with Gasteiger partial charge in [-0.2, -0.15) is 0 Å². The molecule has 1 unspecified atom stereocenters. The van der Waals surface area contributed by atoms with Crippen molar-refractivity contribution in [2.24, 2.45) is 0 Å². The number of rotatable bonds is 6. The van der Waals surface area contributed by atoms with Gasteiger partial charge in [-0.05, 0) is 37.7 Å². The number of thioether (sulfide) groups is 1. The predicted molar refractivity (Wildman–Crippen MR) is 109 cm³/mol. The third-order valence-corrected chi connectivity index (χ3v) is 5.25. The largest absolute Gasteiger partial charge is 0.493 e. The standard InChI is InChI=1S/C19H23N5O3S/c1-25-13-8-6-7-12(16(13)26-2)21-17-15-18(23-19(22-17)28-3)24(11-20-15)14-9-4-5-10-27-14/h6-8,11,14H,4-5,9-10H2,1-3H3,(H,21,22,23). The number of hydrogen-bond acceptors (Lipinski definition) is 8. The van der Waals surface area contributed by atoms with Crippen molar-refractivity contribution in [3.8, 4) is 11.5 Å². The van der Waals surface area contributed by atoms with E-state index in [2.05, 4.69) is 20.3 Å². The van der Waals surface area contributed by atoms with E-state index < -0.39 is 0 Å². The molecule has 4 rings (SSSR count). The highest BCUT2D eigenvalue weighted by Crippen LogP contribution is 2.37. The van der Waals surface area contributed by atoms with Crippen molar-refractivity contribution >= 4 is 34.4 Å². The summed E-state index contributed by atoms with van der Waals surface area (Å²) in [7, 11) is 3.23. The molecule has 1 aromatic carbocycles. The van der Waals surface area contributed by atoms with Crippen LogP contribution in [0.2, 0.25) is 0 Å². The molecule has 8 nitrogen and oxygen atoms in total. The molecule has 3 aromatic rings. The van der Waals surface area contributed by atoms with Gasteiger partial charge in [0.15, 0.2) is 33.6 Å². The maximum atomic E-state index is 5.93. The molecule has 9 heteroatoms. The van der Waals surface area contributed by atoms with Crippen LogP contribution < -0.4 is 14.8 Å². The minimum Gasteiger partial charge on any atom is -0.493 e. The molecule has 0 spiro atoms. The summed E-state index contributed by atoms with van der Waals surface area (Å²) < 4.78 is 18.9. The highest BCUT2D eigenvalue weighted by Gasteiger charge is 2.22. The van der Waals surface area contributed by atoms with Gasteiger partial charge in [0.1, 0.15) is 6.23 Å². The van der Waals surface area contributed by atoms with Gasteiger partial charge in [0.05, 0.1) is 26.2 Å². The van der Waals surface area contributed by atoms with E-state index in [-0.39, 0.29) is 6.23 Å². The summed E-state index contributed by atoms with van der Waals surface area (Å²) in [4.78, 5) is 13.9. The first kappa shape index (κ1) is 18.8. The van der Waals surface area contributed by atoms with Crippen LogP contribution in [0.15, 0.2) is 29.7 Å². The number of methoxy groups -OCH3 is 2. The number of aromatic nitrogens is 4. The van der Waals surface area contributed by atoms with Gasteiger partial charge >= 0.3 is 0 Å². The second kappa shape index (κ2) is 8.24. The number of hydrogen-bond donors (Lipinski definition) is 1. The zero-order valence-corrected chi connectivity index (χ0v) is 17.0. The van der Waals surface area contributed by atoms with E-state index in [0.717, 1.165) is 37.2 Å². The Morgan fingerprint density at radius 2 is 2.11 bits per heavy atom. The number of anilines is 2. The minimum atomic E-state index is -0.0393. The molecular formula is C19H23N5O3S. The lowest BCUT2D eigenvalue weighted by Crippen LogP contribution is -2.17. The van der Waals surface area contributed by atoms with Gasteiger partial charge in [0.25, 0.3) is 0 Å². The minimum absolute atomic E-state index is 0.0393. The number of imidazole rings is 1. The van der Waals surface area contributed by atoms with Gasteiger partial charge in [0, 0.05) is 6.61 Å². The molecule has 0 saturated carbocycles. The molecule has 0 amide bonds. The first-order valence-electron chi connectivity index (χ1n) is 9.13. The van der Waals surface area contributed by atoms with Crippen molar-refractivity contribution in [2.45, 2.75) is 30.6 Å². The average molecular weight is 401 g/mol. The summed E-state index contributed by atoms with van der Waals surface area (Å²) in [5.74, 6) is 1.87. The fraction of sp³-hybridized carbons (Fsp3) is 0.421. The van der Waals surface area contributed by atoms with Crippen LogP contribution in [0.5, 0.6) is 11.5 Å². The van der Waals surface area contributed by atoms with Crippen molar-refractivity contribution in [2.75, 3.05) is 32.4 Å². The van der Waals surface area contributed by atoms with Crippen LogP contribution >= 0.6 is 11.8 Å². The van der Waals surface area contributed by atoms with Gasteiger partial charge in [-0.15, -0.1) is 0 Å². The van der Waals surface area contributed by atoms with E-state index >= 15 is 0 Å². The molecule has 1 N–H and O–H groups in total. The zero-order valence-electron chi connectivity index (χ0n) is 16.1. The Balaban J connectivity index is 1.78. The lowest BCUT2D eigenvalue weighted by Gasteiger charge is -2.23. The van der Waals surface area contributed by atoms with Gasteiger partial charge in [-0.3, -0.25) is 4.57 Å². The Morgan fingerprint density at radius 1 is 1.21 bits per heavy atom. The van der Waals surface area contributed by atoms with Crippen molar-refractivity contribution in [1.29, 1.82) is 0 Å². The predicted octanol–water partition coefficient (Wildman–Crippen LogP) is 4.01. The van der Waals surface area contributed by atoms with Crippen LogP contribution in [-0.4, -0.2) is 46.6 Å². The number of ether oxygens (including phenoxy) is 3. The Bertz CT molecular complexity index is 972. The summed E-state index contributed by atoms with van der Waals surface area (Å²) in [6.07, 6.45) is 6.88. The number of nitrogens with zero attached hydrogens (tertiary/aromatic N) is 4. The van der Waals surface area contributed by atoms with E-state index in [9.17, 15) is 0 Å². The highest BCUT2D eigenvalue weighted by atomic mass is 32.2. The molecule has 1 aliphatic heterocycles. The molecule has 1 aliphatic rings. The molecule has 1 fully saturated rings. The molecule has 0 bridgehead atoms. The van der Waals surface area contributed by atoms with Gasteiger partial charge in [-0.1, -0.05) is 17.8 Å². The van der Waals surface area contributed by atoms with E-state index in [1.54, 1.807) is 20.5 Å². The normalized spacial score (nSPS) is 16.9. The highest BCUT2D eigenvalue weighted by molar-refractivity contribution is 7.98. The van der Waals surface area contributed by atoms with E-state index in [1.807, 2.05) is 29.0 Å². The third kappa shape index (κ3) is 3.47. The molecular weight excluding hydrogens is 378 g/mol. The maximum Gasteiger partial charge on any atom is 0.191 e. The molecule has 1 saturated heterocycles. The van der Waals surface area contributed by atoms with Crippen LogP contribution in [0.4, 0.5) is 11.5 Å². The van der Waals surface area contributed by atoms with E-state index in [0.29, 0.717) is 28.0 Å². The smallest absolute Gasteiger partial charge is 0.191 e. The summed E-state index contributed by atoms with van der Waals surface area (Å²) in [5, 5.41) is 4.01. The quantitative estimate of drug-likeness (QED) is 0.490. The topological polar surface area (TPSA) is 83.3 Å². The van der Waals surface area contributed by atoms with Crippen LogP contribution in [0.1, 0.15) is 25.5 Å². The fourth-order valence-corrected chi connectivity index (χ4v) is 3.70. The molecule has 0 aliphatic carbocycles. The summed E-state index contributed by atoms with van der Waals surface area (Å²) >= 11 is 1.48. The van der Waals surface area contributed by atoms with Crippen LogP contribution in [0.3, 0.4) is 0 Å². The first-order chi connectivity index (χ1) is 13.7. The van der Waals surface area contributed by atoms with Crippen molar-refractivity contribution in [1.82, 2.24) is 19.5 Å². The Hall–Kier alpha value is -2.52. The van der Waals surface area contributed by atoms with Crippen LogP contribution in [0, 0.1) is 0 Å². The van der Waals surface area contributed by atoms with Gasteiger partial charge < -0.3 is 19.5 Å². The Kier molecular flexibility index (Phi) is 5.54. The summed E-state index contributed by atoms with van der Waals surface area (Å²) in [6.45, 7) is 0.761. The molecule has 0 radical (unpaired) electrons. The Labute approximate surface area is 167 Å². The molecule has 1 atom stereocenters. The number of para-hydroxylation sites is 1. The number of benzene rings is 1. The first-order valence-corrected chi connectivity index (χ1v) is 10.4. The van der Waals surface area contributed by atoms with Gasteiger partial charge in [0.2, 0.25) is 0 Å². The summed E-state index contributed by atoms with van der Waals surface area (Å²) in [6, 6.07) is 5.66. The second-order valence-electron chi connectivity index (χ2n) is 6.37. The molecule has 2 aromatic heterocycles. The van der Waals surface area contributed by atoms with Gasteiger partial charge in [-0.25, -0.2) is 15.0 Å². The van der Waals surface area contributed by atoms with E-state index in [1.165, 1.54) is 11.8 Å². The maximum absolute atomic E-state index is 5.93. The Morgan fingerprint density at radius 3 is 2.82 bits per heavy atom. The molecule has 28 heavy (non-hydrogen) atoms.